The standard InChI is InChI=1S/C8H6BrNO3/c9-6(7(11)8(12)13)5-2-1-3-10-4-5/h1-4,6H,(H,12,13). The van der Waals surface area contributed by atoms with Crippen molar-refractivity contribution < 1.29 is 14.7 Å². The van der Waals surface area contributed by atoms with Crippen molar-refractivity contribution in [1.29, 1.82) is 0 Å². The number of halogens is 1. The number of carboxylic acids is 1. The van der Waals surface area contributed by atoms with E-state index in [9.17, 15) is 9.59 Å². The van der Waals surface area contributed by atoms with Gasteiger partial charge in [-0.05, 0) is 11.6 Å². The molecule has 0 fully saturated rings. The molecule has 4 nitrogen and oxygen atoms in total. The highest BCUT2D eigenvalue weighted by Gasteiger charge is 2.23. The molecular weight excluding hydrogens is 238 g/mol. The number of hydrogen-bond acceptors (Lipinski definition) is 3. The minimum absolute atomic E-state index is 0.537. The summed E-state index contributed by atoms with van der Waals surface area (Å²) in [5.41, 5.74) is 0.537. The fraction of sp³-hybridized carbons (Fsp3) is 0.125. The van der Waals surface area contributed by atoms with Gasteiger partial charge in [0.15, 0.2) is 0 Å². The number of aromatic nitrogens is 1. The van der Waals surface area contributed by atoms with Crippen molar-refractivity contribution in [1.82, 2.24) is 4.98 Å². The van der Waals surface area contributed by atoms with Crippen LogP contribution in [0.15, 0.2) is 24.5 Å². The summed E-state index contributed by atoms with van der Waals surface area (Å²) >= 11 is 2.98. The van der Waals surface area contributed by atoms with E-state index < -0.39 is 16.6 Å². The predicted octanol–water partition coefficient (Wildman–Crippen LogP) is 1.17. The summed E-state index contributed by atoms with van der Waals surface area (Å²) in [7, 11) is 0. The van der Waals surface area contributed by atoms with Crippen LogP contribution in [0, 0.1) is 0 Å². The van der Waals surface area contributed by atoms with E-state index in [1.54, 1.807) is 18.3 Å². The van der Waals surface area contributed by atoms with E-state index in [4.69, 9.17) is 5.11 Å². The van der Waals surface area contributed by atoms with Crippen molar-refractivity contribution >= 4 is 27.7 Å². The molecule has 0 bridgehead atoms. The molecule has 68 valence electrons. The van der Waals surface area contributed by atoms with Crippen molar-refractivity contribution in [3.05, 3.63) is 30.1 Å². The van der Waals surface area contributed by atoms with Crippen LogP contribution in [0.3, 0.4) is 0 Å². The Bertz CT molecular complexity index is 325. The Morgan fingerprint density at radius 2 is 2.23 bits per heavy atom. The summed E-state index contributed by atoms with van der Waals surface area (Å²) in [5, 5.41) is 8.41. The minimum atomic E-state index is -1.45. The van der Waals surface area contributed by atoms with E-state index >= 15 is 0 Å². The van der Waals surface area contributed by atoms with Gasteiger partial charge in [-0.15, -0.1) is 0 Å². The molecule has 1 aromatic heterocycles. The Morgan fingerprint density at radius 3 is 2.69 bits per heavy atom. The molecule has 0 aliphatic rings. The molecule has 0 aliphatic carbocycles. The first-order valence-corrected chi connectivity index (χ1v) is 4.35. The summed E-state index contributed by atoms with van der Waals surface area (Å²) in [6, 6.07) is 3.27. The van der Waals surface area contributed by atoms with E-state index in [2.05, 4.69) is 20.9 Å². The van der Waals surface area contributed by atoms with Gasteiger partial charge in [0.1, 0.15) is 4.83 Å². The fourth-order valence-corrected chi connectivity index (χ4v) is 1.25. The van der Waals surface area contributed by atoms with Gasteiger partial charge in [0.2, 0.25) is 0 Å². The number of alkyl halides is 1. The Labute approximate surface area is 82.7 Å². The van der Waals surface area contributed by atoms with Crippen LogP contribution in [0.1, 0.15) is 10.4 Å². The zero-order valence-corrected chi connectivity index (χ0v) is 8.06. The number of ketones is 1. The Morgan fingerprint density at radius 1 is 1.54 bits per heavy atom. The Hall–Kier alpha value is -1.23. The van der Waals surface area contributed by atoms with Gasteiger partial charge >= 0.3 is 5.97 Å². The number of hydrogen-bond donors (Lipinski definition) is 1. The lowest BCUT2D eigenvalue weighted by Gasteiger charge is -2.03. The third-order valence-corrected chi connectivity index (χ3v) is 2.36. The maximum absolute atomic E-state index is 11.0. The lowest BCUT2D eigenvalue weighted by Crippen LogP contribution is -2.17. The summed E-state index contributed by atoms with van der Waals surface area (Å²) in [5.74, 6) is -2.35. The summed E-state index contributed by atoms with van der Waals surface area (Å²) in [4.78, 5) is 24.2. The molecule has 13 heavy (non-hydrogen) atoms. The number of aliphatic carboxylic acids is 1. The van der Waals surface area contributed by atoms with Crippen molar-refractivity contribution in [3.63, 3.8) is 0 Å². The van der Waals surface area contributed by atoms with Crippen LogP contribution in [-0.4, -0.2) is 21.8 Å². The first kappa shape index (κ1) is 9.85. The highest BCUT2D eigenvalue weighted by Crippen LogP contribution is 2.22. The Balaban J connectivity index is 2.86. The first-order chi connectivity index (χ1) is 6.13. The minimum Gasteiger partial charge on any atom is -0.475 e. The van der Waals surface area contributed by atoms with E-state index in [1.165, 1.54) is 6.20 Å². The van der Waals surface area contributed by atoms with Gasteiger partial charge < -0.3 is 5.11 Å². The molecule has 1 heterocycles. The number of pyridine rings is 1. The number of rotatable bonds is 3. The highest BCUT2D eigenvalue weighted by atomic mass is 79.9. The number of nitrogens with zero attached hydrogens (tertiary/aromatic N) is 1. The maximum atomic E-state index is 11.0. The monoisotopic (exact) mass is 243 g/mol. The van der Waals surface area contributed by atoms with E-state index in [-0.39, 0.29) is 0 Å². The SMILES string of the molecule is O=C(O)C(=O)C(Br)c1cccnc1. The zero-order valence-electron chi connectivity index (χ0n) is 6.48. The molecule has 0 saturated carbocycles. The molecule has 0 saturated heterocycles. The third-order valence-electron chi connectivity index (χ3n) is 1.42. The number of carboxylic acid groups (broad SMARTS) is 1. The van der Waals surface area contributed by atoms with Crippen molar-refractivity contribution in [3.8, 4) is 0 Å². The van der Waals surface area contributed by atoms with Crippen LogP contribution in [0.4, 0.5) is 0 Å². The van der Waals surface area contributed by atoms with Crippen molar-refractivity contribution in [2.45, 2.75) is 4.83 Å². The van der Waals surface area contributed by atoms with Crippen LogP contribution in [0.5, 0.6) is 0 Å². The highest BCUT2D eigenvalue weighted by molar-refractivity contribution is 9.09. The van der Waals surface area contributed by atoms with E-state index in [0.717, 1.165) is 0 Å². The second-order valence-electron chi connectivity index (χ2n) is 2.32. The van der Waals surface area contributed by atoms with Crippen molar-refractivity contribution in [2.75, 3.05) is 0 Å². The predicted molar refractivity (Wildman–Crippen MR) is 48.5 cm³/mol. The quantitative estimate of drug-likeness (QED) is 0.640. The Kier molecular flexibility index (Phi) is 3.13. The van der Waals surface area contributed by atoms with Gasteiger partial charge in [0.05, 0.1) is 0 Å². The molecule has 0 aliphatic heterocycles. The molecule has 1 rings (SSSR count). The summed E-state index contributed by atoms with van der Waals surface area (Å²) in [6.45, 7) is 0. The molecule has 0 radical (unpaired) electrons. The molecule has 5 heteroatoms. The number of carbonyl (C=O) groups is 2. The molecule has 0 amide bonds. The number of carbonyl (C=O) groups excluding carboxylic acids is 1. The molecule has 1 atom stereocenters. The van der Waals surface area contributed by atoms with Gasteiger partial charge in [-0.2, -0.15) is 0 Å². The summed E-state index contributed by atoms with van der Waals surface area (Å²) in [6.07, 6.45) is 2.99. The van der Waals surface area contributed by atoms with Crippen molar-refractivity contribution in [2.24, 2.45) is 0 Å². The molecular formula is C8H6BrNO3. The normalized spacial score (nSPS) is 12.1. The van der Waals surface area contributed by atoms with E-state index in [0.29, 0.717) is 5.56 Å². The first-order valence-electron chi connectivity index (χ1n) is 3.44. The zero-order chi connectivity index (χ0) is 9.84. The van der Waals surface area contributed by atoms with Gasteiger partial charge in [0.25, 0.3) is 5.78 Å². The number of Topliss-reactive ketones (excluding diaryl/α,β-unsaturated/α-hetero) is 1. The summed E-state index contributed by atoms with van der Waals surface area (Å²) < 4.78 is 0. The van der Waals surface area contributed by atoms with Gasteiger partial charge in [-0.25, -0.2) is 4.79 Å². The smallest absolute Gasteiger partial charge is 0.373 e. The van der Waals surface area contributed by atoms with Gasteiger partial charge in [-0.3, -0.25) is 9.78 Å². The lowest BCUT2D eigenvalue weighted by atomic mass is 10.1. The molecule has 1 unspecified atom stereocenters. The van der Waals surface area contributed by atoms with Crippen LogP contribution in [0.25, 0.3) is 0 Å². The average molecular weight is 244 g/mol. The van der Waals surface area contributed by atoms with Gasteiger partial charge in [-0.1, -0.05) is 22.0 Å². The van der Waals surface area contributed by atoms with Crippen LogP contribution in [0.2, 0.25) is 0 Å². The largest absolute Gasteiger partial charge is 0.475 e. The topological polar surface area (TPSA) is 67.3 Å². The van der Waals surface area contributed by atoms with Crippen LogP contribution < -0.4 is 0 Å². The van der Waals surface area contributed by atoms with Gasteiger partial charge in [0, 0.05) is 12.4 Å². The van der Waals surface area contributed by atoms with Crippen LogP contribution >= 0.6 is 15.9 Å². The fourth-order valence-electron chi connectivity index (χ4n) is 0.786. The van der Waals surface area contributed by atoms with Crippen LogP contribution in [-0.2, 0) is 9.59 Å². The van der Waals surface area contributed by atoms with E-state index in [1.807, 2.05) is 0 Å². The average Bonchev–Trinajstić information content (AvgIpc) is 2.17. The molecule has 1 N–H and O–H groups in total. The third kappa shape index (κ3) is 2.35. The molecule has 0 aromatic carbocycles. The maximum Gasteiger partial charge on any atom is 0.373 e. The second kappa shape index (κ2) is 4.13. The second-order valence-corrected chi connectivity index (χ2v) is 3.23. The molecule has 0 spiro atoms. The lowest BCUT2D eigenvalue weighted by molar-refractivity contribution is -0.148. The molecule has 1 aromatic rings.